The van der Waals surface area contributed by atoms with Crippen LogP contribution in [0, 0.1) is 0 Å². The number of alkyl halides is 1. The van der Waals surface area contributed by atoms with Gasteiger partial charge in [-0.1, -0.05) is 23.2 Å². The molecular formula is C14H13Cl2FN6. The zero-order valence-corrected chi connectivity index (χ0v) is 13.6. The van der Waals surface area contributed by atoms with Gasteiger partial charge in [0.15, 0.2) is 0 Å². The van der Waals surface area contributed by atoms with Gasteiger partial charge >= 0.3 is 0 Å². The first-order valence-corrected chi connectivity index (χ1v) is 7.04. The number of H-pyrrole nitrogens is 1. The zero-order chi connectivity index (χ0) is 17.5. The van der Waals surface area contributed by atoms with Crippen LogP contribution in [0.3, 0.4) is 0 Å². The van der Waals surface area contributed by atoms with Gasteiger partial charge in [0, 0.05) is 19.4 Å². The average Bonchev–Trinajstić information content (AvgIpc) is 3.18. The molecule has 0 aliphatic carbocycles. The molecule has 4 heterocycles. The van der Waals surface area contributed by atoms with E-state index in [1.54, 1.807) is 6.20 Å². The molecule has 6 nitrogen and oxygen atoms in total. The van der Waals surface area contributed by atoms with E-state index in [4.69, 9.17) is 24.6 Å². The fourth-order valence-electron chi connectivity index (χ4n) is 1.89. The van der Waals surface area contributed by atoms with Crippen molar-refractivity contribution in [2.75, 3.05) is 7.15 Å². The van der Waals surface area contributed by atoms with E-state index in [1.165, 1.54) is 12.7 Å². The van der Waals surface area contributed by atoms with Gasteiger partial charge in [-0.3, -0.25) is 4.39 Å². The summed E-state index contributed by atoms with van der Waals surface area (Å²) in [6.45, 7) is 0. The molecule has 0 bridgehead atoms. The Bertz CT molecular complexity index is 926. The van der Waals surface area contributed by atoms with Crippen LogP contribution in [0.1, 0.15) is 1.37 Å². The van der Waals surface area contributed by atoms with Gasteiger partial charge in [-0.25, -0.2) is 19.9 Å². The number of aromatic amines is 1. The van der Waals surface area contributed by atoms with Gasteiger partial charge in [-0.15, -0.1) is 0 Å². The lowest BCUT2D eigenvalue weighted by Gasteiger charge is -1.93. The summed E-state index contributed by atoms with van der Waals surface area (Å²) in [5.74, 6) is 0. The molecule has 4 aromatic rings. The lowest BCUT2D eigenvalue weighted by molar-refractivity contribution is 0.636. The van der Waals surface area contributed by atoms with Crippen LogP contribution in [-0.2, 0) is 7.05 Å². The summed E-state index contributed by atoms with van der Waals surface area (Å²) >= 11 is 11.5. The molecule has 0 saturated heterocycles. The second-order valence-corrected chi connectivity index (χ2v) is 4.95. The average molecular weight is 356 g/mol. The molecule has 9 heteroatoms. The van der Waals surface area contributed by atoms with Crippen molar-refractivity contribution in [1.82, 2.24) is 29.5 Å². The van der Waals surface area contributed by atoms with E-state index in [-0.39, 0.29) is 0 Å². The first-order chi connectivity index (χ1) is 11.6. The number of halogens is 3. The predicted octanol–water partition coefficient (Wildman–Crippen LogP) is 3.82. The van der Waals surface area contributed by atoms with Crippen LogP contribution in [0.15, 0.2) is 37.2 Å². The number of nitrogens with zero attached hydrogens (tertiary/aromatic N) is 5. The Labute approximate surface area is 142 Å². The molecule has 4 rings (SSSR count). The van der Waals surface area contributed by atoms with Crippen LogP contribution in [0.5, 0.6) is 0 Å². The molecule has 0 aliphatic rings. The van der Waals surface area contributed by atoms with Crippen molar-refractivity contribution in [2.45, 2.75) is 0 Å². The van der Waals surface area contributed by atoms with E-state index in [0.29, 0.717) is 10.3 Å². The molecule has 1 N–H and O–H groups in total. The van der Waals surface area contributed by atoms with Crippen LogP contribution in [-0.4, -0.2) is 36.6 Å². The molecule has 0 amide bonds. The van der Waals surface area contributed by atoms with E-state index in [1.807, 2.05) is 29.9 Å². The monoisotopic (exact) mass is 355 g/mol. The van der Waals surface area contributed by atoms with Crippen molar-refractivity contribution >= 4 is 45.3 Å². The van der Waals surface area contributed by atoms with Gasteiger partial charge < -0.3 is 9.55 Å². The third kappa shape index (κ3) is 3.75. The van der Waals surface area contributed by atoms with Gasteiger partial charge in [0.05, 0.1) is 19.3 Å². The van der Waals surface area contributed by atoms with Crippen molar-refractivity contribution in [3.05, 3.63) is 47.5 Å². The lowest BCUT2D eigenvalue weighted by atomic mass is 10.4. The molecule has 23 heavy (non-hydrogen) atoms. The van der Waals surface area contributed by atoms with E-state index >= 15 is 0 Å². The molecule has 0 saturated carbocycles. The van der Waals surface area contributed by atoms with Crippen LogP contribution >= 0.6 is 23.2 Å². The number of aryl methyl sites for hydroxylation is 1. The normalized spacial score (nSPS) is 10.5. The molecular weight excluding hydrogens is 342 g/mol. The number of aromatic nitrogens is 6. The molecule has 0 radical (unpaired) electrons. The van der Waals surface area contributed by atoms with Crippen molar-refractivity contribution < 1.29 is 5.76 Å². The van der Waals surface area contributed by atoms with Gasteiger partial charge in [-0.05, 0) is 12.1 Å². The van der Waals surface area contributed by atoms with Gasteiger partial charge in [0.2, 0.25) is 0 Å². The number of rotatable bonds is 0. The number of nitrogens with one attached hydrogen (secondary N) is 1. The summed E-state index contributed by atoms with van der Waals surface area (Å²) in [5.41, 5.74) is 1.64. The molecule has 0 unspecified atom stereocenters. The van der Waals surface area contributed by atoms with Gasteiger partial charge in [-0.2, -0.15) is 0 Å². The number of fused-ring (bicyclic) bond motifs is 2. The second kappa shape index (κ2) is 7.85. The van der Waals surface area contributed by atoms with E-state index in [0.717, 1.165) is 22.1 Å². The Morgan fingerprint density at radius 3 is 2.39 bits per heavy atom. The molecule has 0 aromatic carbocycles. The minimum Gasteiger partial charge on any atom is -0.346 e. The maximum Gasteiger partial charge on any atom is 0.144 e. The Hall–Kier alpha value is -2.25. The standard InChI is InChI=1S/C7H6ClN3.C6H4ClN3.CH3F/c1-11-3-2-5-6(8)9-4-10-7(5)11;7-5-4-1-2-8-6(4)10-3-9-5;1-2/h2-4H,1H3;1-3H,(H,8,9,10);1H3/i;;1D. The summed E-state index contributed by atoms with van der Waals surface area (Å²) in [6.07, 6.45) is 6.59. The molecule has 0 fully saturated rings. The number of hydrogen-bond donors (Lipinski definition) is 1. The van der Waals surface area contributed by atoms with Crippen molar-refractivity contribution in [1.29, 1.82) is 0 Å². The topological polar surface area (TPSA) is 72.3 Å². The Morgan fingerprint density at radius 2 is 1.74 bits per heavy atom. The first-order valence-electron chi connectivity index (χ1n) is 6.99. The fourth-order valence-corrected chi connectivity index (χ4v) is 2.27. The highest BCUT2D eigenvalue weighted by Gasteiger charge is 2.02. The molecule has 0 aliphatic heterocycles. The van der Waals surface area contributed by atoms with E-state index in [9.17, 15) is 4.39 Å². The largest absolute Gasteiger partial charge is 0.346 e. The highest BCUT2D eigenvalue weighted by Crippen LogP contribution is 2.18. The van der Waals surface area contributed by atoms with Crippen molar-refractivity contribution in [3.8, 4) is 0 Å². The van der Waals surface area contributed by atoms with Gasteiger partial charge in [0.1, 0.15) is 34.3 Å². The fraction of sp³-hybridized carbons (Fsp3) is 0.143. The molecule has 4 aromatic heterocycles. The van der Waals surface area contributed by atoms with Crippen LogP contribution in [0.25, 0.3) is 22.1 Å². The summed E-state index contributed by atoms with van der Waals surface area (Å²) in [6, 6.07) is 3.75. The molecule has 0 spiro atoms. The predicted molar refractivity (Wildman–Crippen MR) is 89.4 cm³/mol. The minimum atomic E-state index is -1.00. The highest BCUT2D eigenvalue weighted by molar-refractivity contribution is 6.34. The van der Waals surface area contributed by atoms with Crippen LogP contribution in [0.4, 0.5) is 4.39 Å². The first kappa shape index (κ1) is 15.6. The summed E-state index contributed by atoms with van der Waals surface area (Å²) < 4.78 is 17.4. The summed E-state index contributed by atoms with van der Waals surface area (Å²) in [5, 5.41) is 2.77. The Kier molecular flexibility index (Phi) is 5.33. The SMILES string of the molecule is Clc1ncnc2[nH]ccc12.Cn1ccc2c(Cl)ncnc21.[2H]CF. The summed E-state index contributed by atoms with van der Waals surface area (Å²) in [7, 11) is 0.922. The van der Waals surface area contributed by atoms with Gasteiger partial charge in [0.25, 0.3) is 0 Å². The van der Waals surface area contributed by atoms with Crippen molar-refractivity contribution in [3.63, 3.8) is 0 Å². The Morgan fingerprint density at radius 1 is 1.09 bits per heavy atom. The molecule has 0 atom stereocenters. The maximum atomic E-state index is 9.96. The van der Waals surface area contributed by atoms with Crippen LogP contribution in [0.2, 0.25) is 10.3 Å². The number of hydrogen-bond acceptors (Lipinski definition) is 4. The minimum absolute atomic E-state index is 0.492. The zero-order valence-electron chi connectivity index (χ0n) is 13.0. The maximum absolute atomic E-state index is 9.96. The highest BCUT2D eigenvalue weighted by atomic mass is 35.5. The third-order valence-electron chi connectivity index (χ3n) is 2.92. The molecule has 120 valence electrons. The third-order valence-corrected chi connectivity index (χ3v) is 3.52. The summed E-state index contributed by atoms with van der Waals surface area (Å²) in [4.78, 5) is 18.6. The van der Waals surface area contributed by atoms with E-state index < -0.39 is 7.15 Å². The quantitative estimate of drug-likeness (QED) is 0.486. The van der Waals surface area contributed by atoms with Crippen LogP contribution < -0.4 is 0 Å². The van der Waals surface area contributed by atoms with Crippen molar-refractivity contribution in [2.24, 2.45) is 7.05 Å². The Balaban J connectivity index is 0.000000150. The lowest BCUT2D eigenvalue weighted by Crippen LogP contribution is -1.88. The second-order valence-electron chi connectivity index (χ2n) is 4.23. The smallest absolute Gasteiger partial charge is 0.144 e. The van der Waals surface area contributed by atoms with E-state index in [2.05, 4.69) is 24.9 Å².